The van der Waals surface area contributed by atoms with Crippen LogP contribution < -0.4 is 5.32 Å². The van der Waals surface area contributed by atoms with Gasteiger partial charge in [0.05, 0.1) is 24.5 Å². The fraction of sp³-hybridized carbons (Fsp3) is 0.448. The van der Waals surface area contributed by atoms with Crippen LogP contribution >= 0.6 is 0 Å². The number of ketones is 2. The largest absolute Gasteiger partial charge is 0.461 e. The summed E-state index contributed by atoms with van der Waals surface area (Å²) in [6, 6.07) is 17.9. The van der Waals surface area contributed by atoms with Gasteiger partial charge in [0, 0.05) is 12.8 Å². The van der Waals surface area contributed by atoms with Crippen molar-refractivity contribution in [2.75, 3.05) is 6.61 Å². The van der Waals surface area contributed by atoms with Crippen LogP contribution in [0.25, 0.3) is 0 Å². The lowest BCUT2D eigenvalue weighted by Crippen LogP contribution is -2.46. The first-order valence-electron chi connectivity index (χ1n) is 12.4. The molecule has 0 heterocycles. The first-order chi connectivity index (χ1) is 17.2. The van der Waals surface area contributed by atoms with E-state index in [-0.39, 0.29) is 36.9 Å². The average Bonchev–Trinajstić information content (AvgIpc) is 2.85. The maximum absolute atomic E-state index is 13.4. The number of carbonyl (C=O) groups excluding carboxylic acids is 4. The van der Waals surface area contributed by atoms with Gasteiger partial charge in [0.25, 0.3) is 0 Å². The molecule has 0 saturated heterocycles. The minimum Gasteiger partial charge on any atom is -0.461 e. The topological polar surface area (TPSA) is 110 Å². The first kappa shape index (κ1) is 28.9. The standard InChI is InChI=1S/C29H37NO6/c1-20(2)14-26(30-28(34)25(18-31)15-21(3)32)27(33)17-24(16-22-10-6-4-7-11-22)29(35)36-19-23-12-8-5-9-13-23/h4-13,20,24-26,31H,14-19H2,1-3H3,(H,30,34)/t24-,25+,26+/m1/s1. The summed E-state index contributed by atoms with van der Waals surface area (Å²) in [5.41, 5.74) is 1.75. The SMILES string of the molecule is CC(=O)C[C@@H](CO)C(=O)N[C@@H](CC(C)C)C(=O)C[C@@H](Cc1ccccc1)C(=O)OCc1ccccc1. The van der Waals surface area contributed by atoms with E-state index in [1.807, 2.05) is 74.5 Å². The van der Waals surface area contributed by atoms with Crippen LogP contribution in [0.15, 0.2) is 60.7 Å². The highest BCUT2D eigenvalue weighted by Crippen LogP contribution is 2.19. The molecule has 3 atom stereocenters. The van der Waals surface area contributed by atoms with Gasteiger partial charge < -0.3 is 20.0 Å². The van der Waals surface area contributed by atoms with Gasteiger partial charge in [0.1, 0.15) is 12.4 Å². The van der Waals surface area contributed by atoms with Crippen molar-refractivity contribution in [3.63, 3.8) is 0 Å². The van der Waals surface area contributed by atoms with Crippen LogP contribution in [0.4, 0.5) is 0 Å². The number of benzene rings is 2. The normalized spacial score (nSPS) is 13.5. The number of amides is 1. The Bertz CT molecular complexity index is 989. The third-order valence-corrected chi connectivity index (χ3v) is 5.87. The van der Waals surface area contributed by atoms with E-state index >= 15 is 0 Å². The Hall–Kier alpha value is -3.32. The van der Waals surface area contributed by atoms with E-state index in [4.69, 9.17) is 4.74 Å². The number of nitrogens with one attached hydrogen (secondary N) is 1. The number of esters is 1. The van der Waals surface area contributed by atoms with E-state index in [0.29, 0.717) is 12.8 Å². The second-order valence-corrected chi connectivity index (χ2v) is 9.63. The molecule has 2 aromatic carbocycles. The smallest absolute Gasteiger partial charge is 0.310 e. The quantitative estimate of drug-likeness (QED) is 0.365. The summed E-state index contributed by atoms with van der Waals surface area (Å²) in [5, 5.41) is 12.3. The summed E-state index contributed by atoms with van der Waals surface area (Å²) in [4.78, 5) is 50.6. The van der Waals surface area contributed by atoms with Crippen LogP contribution in [0.2, 0.25) is 0 Å². The molecule has 0 bridgehead atoms. The highest BCUT2D eigenvalue weighted by molar-refractivity contribution is 5.93. The van der Waals surface area contributed by atoms with Crippen molar-refractivity contribution >= 4 is 23.4 Å². The highest BCUT2D eigenvalue weighted by atomic mass is 16.5. The molecule has 0 fully saturated rings. The lowest BCUT2D eigenvalue weighted by Gasteiger charge is -2.24. The minimum absolute atomic E-state index is 0.0947. The first-order valence-corrected chi connectivity index (χ1v) is 12.4. The van der Waals surface area contributed by atoms with Gasteiger partial charge in [-0.2, -0.15) is 0 Å². The summed E-state index contributed by atoms with van der Waals surface area (Å²) in [5.74, 6) is -3.07. The Morgan fingerprint density at radius 2 is 1.44 bits per heavy atom. The molecule has 2 aromatic rings. The van der Waals surface area contributed by atoms with E-state index in [1.54, 1.807) is 0 Å². The molecule has 2 rings (SSSR count). The monoisotopic (exact) mass is 495 g/mol. The fourth-order valence-electron chi connectivity index (χ4n) is 3.99. The predicted octanol–water partition coefficient (Wildman–Crippen LogP) is 3.67. The molecule has 7 nitrogen and oxygen atoms in total. The lowest BCUT2D eigenvalue weighted by molar-refractivity contribution is -0.151. The molecule has 0 aliphatic carbocycles. The number of rotatable bonds is 15. The highest BCUT2D eigenvalue weighted by Gasteiger charge is 2.31. The van der Waals surface area contributed by atoms with Gasteiger partial charge in [-0.1, -0.05) is 74.5 Å². The summed E-state index contributed by atoms with van der Waals surface area (Å²) in [6.07, 6.45) is 0.496. The molecular weight excluding hydrogens is 458 g/mol. The predicted molar refractivity (Wildman–Crippen MR) is 137 cm³/mol. The third-order valence-electron chi connectivity index (χ3n) is 5.87. The molecular formula is C29H37NO6. The molecule has 0 aliphatic heterocycles. The molecule has 0 aliphatic rings. The number of hydrogen-bond donors (Lipinski definition) is 2. The lowest BCUT2D eigenvalue weighted by atomic mass is 9.89. The minimum atomic E-state index is -0.916. The van der Waals surface area contributed by atoms with Crippen LogP contribution in [0.3, 0.4) is 0 Å². The van der Waals surface area contributed by atoms with Gasteiger partial charge >= 0.3 is 5.97 Å². The van der Waals surface area contributed by atoms with Crippen LogP contribution in [0.5, 0.6) is 0 Å². The van der Waals surface area contributed by atoms with Crippen molar-refractivity contribution in [3.8, 4) is 0 Å². The van der Waals surface area contributed by atoms with Gasteiger partial charge in [0.15, 0.2) is 5.78 Å². The Balaban J connectivity index is 2.17. The molecule has 1 amide bonds. The van der Waals surface area contributed by atoms with E-state index in [1.165, 1.54) is 6.92 Å². The summed E-state index contributed by atoms with van der Waals surface area (Å²) >= 11 is 0. The van der Waals surface area contributed by atoms with Crippen LogP contribution in [0, 0.1) is 17.8 Å². The van der Waals surface area contributed by atoms with Crippen molar-refractivity contribution in [3.05, 3.63) is 71.8 Å². The van der Waals surface area contributed by atoms with E-state index in [9.17, 15) is 24.3 Å². The molecule has 0 spiro atoms. The number of aliphatic hydroxyl groups is 1. The molecule has 0 aromatic heterocycles. The number of aliphatic hydroxyl groups excluding tert-OH is 1. The number of carbonyl (C=O) groups is 4. The maximum Gasteiger partial charge on any atom is 0.310 e. The average molecular weight is 496 g/mol. The van der Waals surface area contributed by atoms with Crippen molar-refractivity contribution in [2.45, 2.75) is 59.1 Å². The summed E-state index contributed by atoms with van der Waals surface area (Å²) in [7, 11) is 0. The molecule has 194 valence electrons. The fourth-order valence-corrected chi connectivity index (χ4v) is 3.99. The summed E-state index contributed by atoms with van der Waals surface area (Å²) in [6.45, 7) is 4.83. The van der Waals surface area contributed by atoms with Gasteiger partial charge in [0.2, 0.25) is 5.91 Å². The van der Waals surface area contributed by atoms with Crippen molar-refractivity contribution in [1.82, 2.24) is 5.32 Å². The zero-order valence-corrected chi connectivity index (χ0v) is 21.3. The second-order valence-electron chi connectivity index (χ2n) is 9.63. The second kappa shape index (κ2) is 14.9. The van der Waals surface area contributed by atoms with Crippen LogP contribution in [-0.4, -0.2) is 41.2 Å². The number of hydrogen-bond acceptors (Lipinski definition) is 6. The van der Waals surface area contributed by atoms with E-state index in [2.05, 4.69) is 5.32 Å². The molecule has 2 N–H and O–H groups in total. The zero-order chi connectivity index (χ0) is 26.5. The van der Waals surface area contributed by atoms with E-state index in [0.717, 1.165) is 11.1 Å². The Morgan fingerprint density at radius 3 is 1.97 bits per heavy atom. The molecule has 36 heavy (non-hydrogen) atoms. The molecule has 7 heteroatoms. The number of ether oxygens (including phenoxy) is 1. The van der Waals surface area contributed by atoms with Gasteiger partial charge in [-0.25, -0.2) is 0 Å². The Kier molecular flexibility index (Phi) is 12.0. The van der Waals surface area contributed by atoms with Gasteiger partial charge in [-0.05, 0) is 36.8 Å². The van der Waals surface area contributed by atoms with Gasteiger partial charge in [-0.15, -0.1) is 0 Å². The van der Waals surface area contributed by atoms with E-state index < -0.39 is 36.4 Å². The van der Waals surface area contributed by atoms with Gasteiger partial charge in [-0.3, -0.25) is 14.4 Å². The van der Waals surface area contributed by atoms with Crippen LogP contribution in [0.1, 0.15) is 51.2 Å². The van der Waals surface area contributed by atoms with Crippen molar-refractivity contribution < 1.29 is 29.0 Å². The maximum atomic E-state index is 13.4. The molecule has 0 radical (unpaired) electrons. The summed E-state index contributed by atoms with van der Waals surface area (Å²) < 4.78 is 5.56. The third kappa shape index (κ3) is 10.1. The van der Waals surface area contributed by atoms with Crippen molar-refractivity contribution in [1.29, 1.82) is 0 Å². The Morgan fingerprint density at radius 1 is 0.861 bits per heavy atom. The van der Waals surface area contributed by atoms with Crippen LogP contribution in [-0.2, 0) is 36.9 Å². The molecule has 0 unspecified atom stereocenters. The van der Waals surface area contributed by atoms with Crippen molar-refractivity contribution in [2.24, 2.45) is 17.8 Å². The Labute approximate surface area is 213 Å². The zero-order valence-electron chi connectivity index (χ0n) is 21.3. The molecule has 0 saturated carbocycles. The number of Topliss-reactive ketones (excluding diaryl/α,β-unsaturated/α-hetero) is 2.